The summed E-state index contributed by atoms with van der Waals surface area (Å²) in [5.41, 5.74) is 4.86. The minimum absolute atomic E-state index is 0.0224. The van der Waals surface area contributed by atoms with Gasteiger partial charge in [0.1, 0.15) is 5.01 Å². The molecule has 29 heavy (non-hydrogen) atoms. The Morgan fingerprint density at radius 1 is 1.03 bits per heavy atom. The first kappa shape index (κ1) is 19.3. The van der Waals surface area contributed by atoms with Crippen molar-refractivity contribution >= 4 is 34.0 Å². The Morgan fingerprint density at radius 2 is 1.72 bits per heavy atom. The fourth-order valence-electron chi connectivity index (χ4n) is 3.55. The fourth-order valence-corrected chi connectivity index (χ4v) is 4.38. The summed E-state index contributed by atoms with van der Waals surface area (Å²) >= 11 is 1.33. The van der Waals surface area contributed by atoms with Crippen LogP contribution in [0.25, 0.3) is 0 Å². The summed E-state index contributed by atoms with van der Waals surface area (Å²) in [6, 6.07) is 13.5. The van der Waals surface area contributed by atoms with Crippen molar-refractivity contribution in [1.82, 2.24) is 10.2 Å². The number of aryl methyl sites for hydroxylation is 3. The van der Waals surface area contributed by atoms with E-state index in [9.17, 15) is 9.59 Å². The van der Waals surface area contributed by atoms with Crippen molar-refractivity contribution in [2.75, 3.05) is 16.8 Å². The van der Waals surface area contributed by atoms with Crippen LogP contribution >= 0.6 is 11.3 Å². The minimum Gasteiger partial charge on any atom is -0.312 e. The van der Waals surface area contributed by atoms with Crippen LogP contribution in [-0.4, -0.2) is 28.6 Å². The molecule has 1 N–H and O–H groups in total. The lowest BCUT2D eigenvalue weighted by Crippen LogP contribution is -2.24. The molecule has 0 bridgehead atoms. The van der Waals surface area contributed by atoms with Gasteiger partial charge in [-0.25, -0.2) is 0 Å². The third-order valence-corrected chi connectivity index (χ3v) is 5.97. The predicted molar refractivity (Wildman–Crippen MR) is 115 cm³/mol. The molecule has 0 radical (unpaired) electrons. The topological polar surface area (TPSA) is 75.2 Å². The zero-order chi connectivity index (χ0) is 20.5. The molecule has 2 heterocycles. The molecule has 1 aromatic heterocycles. The monoisotopic (exact) mass is 406 g/mol. The van der Waals surface area contributed by atoms with Crippen LogP contribution in [0, 0.1) is 20.8 Å². The molecule has 3 aromatic rings. The van der Waals surface area contributed by atoms with Crippen molar-refractivity contribution < 1.29 is 9.59 Å². The van der Waals surface area contributed by atoms with Crippen LogP contribution in [0.5, 0.6) is 0 Å². The standard InChI is InChI=1S/C22H22N4O2S/c1-13-4-6-16(7-5-13)20(28)23-22-25-24-21(29-22)17-11-19(27)26(12-17)18-9-14(2)8-15(3)10-18/h4-10,17H,11-12H2,1-3H3,(H,23,25,28). The van der Waals surface area contributed by atoms with E-state index in [-0.39, 0.29) is 17.7 Å². The molecule has 7 heteroatoms. The molecule has 2 amide bonds. The second-order valence-electron chi connectivity index (χ2n) is 7.52. The van der Waals surface area contributed by atoms with Crippen molar-refractivity contribution in [2.45, 2.75) is 33.1 Å². The van der Waals surface area contributed by atoms with Gasteiger partial charge in [-0.1, -0.05) is 35.1 Å². The van der Waals surface area contributed by atoms with Crippen LogP contribution in [0.4, 0.5) is 10.8 Å². The van der Waals surface area contributed by atoms with Gasteiger partial charge in [-0.2, -0.15) is 0 Å². The first-order chi connectivity index (χ1) is 13.9. The van der Waals surface area contributed by atoms with Crippen LogP contribution < -0.4 is 10.2 Å². The molecule has 1 aliphatic heterocycles. The summed E-state index contributed by atoms with van der Waals surface area (Å²) in [5.74, 6) is -0.154. The SMILES string of the molecule is Cc1ccc(C(=O)Nc2nnc(C3CC(=O)N(c4cc(C)cc(C)c4)C3)s2)cc1. The first-order valence-electron chi connectivity index (χ1n) is 9.49. The number of anilines is 2. The zero-order valence-corrected chi connectivity index (χ0v) is 17.4. The summed E-state index contributed by atoms with van der Waals surface area (Å²) in [4.78, 5) is 26.8. The number of benzene rings is 2. The van der Waals surface area contributed by atoms with E-state index in [2.05, 4.69) is 21.6 Å². The highest BCUT2D eigenvalue weighted by Gasteiger charge is 2.34. The Bertz CT molecular complexity index is 1050. The van der Waals surface area contributed by atoms with Crippen LogP contribution in [-0.2, 0) is 4.79 Å². The van der Waals surface area contributed by atoms with Crippen molar-refractivity contribution in [3.05, 3.63) is 69.7 Å². The lowest BCUT2D eigenvalue weighted by molar-refractivity contribution is -0.117. The quantitative estimate of drug-likeness (QED) is 0.703. The maximum Gasteiger partial charge on any atom is 0.257 e. The maximum atomic E-state index is 12.6. The normalized spacial score (nSPS) is 16.3. The van der Waals surface area contributed by atoms with Crippen LogP contribution in [0.3, 0.4) is 0 Å². The Balaban J connectivity index is 1.46. The molecule has 2 aromatic carbocycles. The number of rotatable bonds is 4. The van der Waals surface area contributed by atoms with E-state index in [1.165, 1.54) is 11.3 Å². The summed E-state index contributed by atoms with van der Waals surface area (Å²) in [6.07, 6.45) is 0.396. The van der Waals surface area contributed by atoms with Crippen molar-refractivity contribution in [3.8, 4) is 0 Å². The van der Waals surface area contributed by atoms with Crippen LogP contribution in [0.2, 0.25) is 0 Å². The smallest absolute Gasteiger partial charge is 0.257 e. The summed E-state index contributed by atoms with van der Waals surface area (Å²) < 4.78 is 0. The number of hydrogen-bond donors (Lipinski definition) is 1. The molecular formula is C22H22N4O2S. The van der Waals surface area contributed by atoms with Gasteiger partial charge in [0.25, 0.3) is 5.91 Å². The van der Waals surface area contributed by atoms with E-state index >= 15 is 0 Å². The average molecular weight is 407 g/mol. The van der Waals surface area contributed by atoms with Gasteiger partial charge in [0.15, 0.2) is 0 Å². The molecule has 1 unspecified atom stereocenters. The zero-order valence-electron chi connectivity index (χ0n) is 16.6. The highest BCUT2D eigenvalue weighted by Crippen LogP contribution is 2.35. The summed E-state index contributed by atoms with van der Waals surface area (Å²) in [6.45, 7) is 6.61. The van der Waals surface area contributed by atoms with E-state index in [0.29, 0.717) is 23.7 Å². The predicted octanol–water partition coefficient (Wildman–Crippen LogP) is 4.24. The molecule has 6 nitrogen and oxygen atoms in total. The Labute approximate surface area is 173 Å². The Morgan fingerprint density at radius 3 is 2.41 bits per heavy atom. The number of nitrogens with zero attached hydrogens (tertiary/aromatic N) is 3. The molecule has 0 aliphatic carbocycles. The molecular weight excluding hydrogens is 384 g/mol. The van der Waals surface area contributed by atoms with Gasteiger partial charge in [0, 0.05) is 30.1 Å². The minimum atomic E-state index is -0.216. The van der Waals surface area contributed by atoms with E-state index in [4.69, 9.17) is 0 Å². The number of hydrogen-bond acceptors (Lipinski definition) is 5. The third-order valence-electron chi connectivity index (χ3n) is 4.97. The lowest BCUT2D eigenvalue weighted by atomic mass is 10.1. The second-order valence-corrected chi connectivity index (χ2v) is 8.53. The van der Waals surface area contributed by atoms with Crippen molar-refractivity contribution in [1.29, 1.82) is 0 Å². The molecule has 4 rings (SSSR count). The van der Waals surface area contributed by atoms with Gasteiger partial charge in [-0.05, 0) is 56.2 Å². The largest absolute Gasteiger partial charge is 0.312 e. The van der Waals surface area contributed by atoms with Gasteiger partial charge >= 0.3 is 0 Å². The van der Waals surface area contributed by atoms with Gasteiger partial charge in [-0.3, -0.25) is 14.9 Å². The summed E-state index contributed by atoms with van der Waals surface area (Å²) in [7, 11) is 0. The number of carbonyl (C=O) groups is 2. The van der Waals surface area contributed by atoms with Gasteiger partial charge in [-0.15, -0.1) is 10.2 Å². The fraction of sp³-hybridized carbons (Fsp3) is 0.273. The summed E-state index contributed by atoms with van der Waals surface area (Å²) in [5, 5.41) is 12.3. The third kappa shape index (κ3) is 4.19. The molecule has 1 atom stereocenters. The van der Waals surface area contributed by atoms with Gasteiger partial charge in [0.2, 0.25) is 11.0 Å². The van der Waals surface area contributed by atoms with Gasteiger partial charge < -0.3 is 4.90 Å². The van der Waals surface area contributed by atoms with Crippen LogP contribution in [0.15, 0.2) is 42.5 Å². The highest BCUT2D eigenvalue weighted by atomic mass is 32.1. The number of carbonyl (C=O) groups excluding carboxylic acids is 2. The molecule has 1 saturated heterocycles. The van der Waals surface area contributed by atoms with E-state index in [1.807, 2.05) is 49.9 Å². The number of aromatic nitrogens is 2. The Hall–Kier alpha value is -3.06. The first-order valence-corrected chi connectivity index (χ1v) is 10.3. The van der Waals surface area contributed by atoms with E-state index in [1.54, 1.807) is 12.1 Å². The highest BCUT2D eigenvalue weighted by molar-refractivity contribution is 7.15. The molecule has 0 spiro atoms. The van der Waals surface area contributed by atoms with Crippen LogP contribution in [0.1, 0.15) is 44.4 Å². The average Bonchev–Trinajstić information content (AvgIpc) is 3.28. The van der Waals surface area contributed by atoms with E-state index in [0.717, 1.165) is 27.4 Å². The van der Waals surface area contributed by atoms with Crippen molar-refractivity contribution in [3.63, 3.8) is 0 Å². The lowest BCUT2D eigenvalue weighted by Gasteiger charge is -2.17. The number of amides is 2. The Kier molecular flexibility index (Phi) is 5.15. The second kappa shape index (κ2) is 7.75. The van der Waals surface area contributed by atoms with Gasteiger partial charge in [0.05, 0.1) is 0 Å². The molecule has 1 aliphatic rings. The number of nitrogens with one attached hydrogen (secondary N) is 1. The molecule has 0 saturated carbocycles. The maximum absolute atomic E-state index is 12.6. The molecule has 1 fully saturated rings. The van der Waals surface area contributed by atoms with E-state index < -0.39 is 0 Å². The van der Waals surface area contributed by atoms with Crippen molar-refractivity contribution in [2.24, 2.45) is 0 Å². The molecule has 148 valence electrons.